The first-order chi connectivity index (χ1) is 14.8. The van der Waals surface area contributed by atoms with Crippen LogP contribution in [0.15, 0.2) is 0 Å². The van der Waals surface area contributed by atoms with Crippen LogP contribution < -0.4 is 5.32 Å². The van der Waals surface area contributed by atoms with Gasteiger partial charge in [0, 0.05) is 59.2 Å². The SMILES string of the molecule is CCNCN(CCN(CN(CCOC)CCOC)C1CCCCC1)C1CCCCC1. The fraction of sp³-hybridized carbons (Fsp3) is 1.00. The Morgan fingerprint density at radius 2 is 1.20 bits per heavy atom. The molecule has 0 aromatic carbocycles. The van der Waals surface area contributed by atoms with E-state index in [1.807, 2.05) is 0 Å². The number of ether oxygens (including phenoxy) is 2. The lowest BCUT2D eigenvalue weighted by Crippen LogP contribution is -2.51. The van der Waals surface area contributed by atoms with Gasteiger partial charge in [0.05, 0.1) is 19.9 Å². The molecule has 0 saturated heterocycles. The van der Waals surface area contributed by atoms with Crippen molar-refractivity contribution in [2.24, 2.45) is 0 Å². The minimum Gasteiger partial charge on any atom is -0.383 e. The highest BCUT2D eigenvalue weighted by Gasteiger charge is 2.26. The van der Waals surface area contributed by atoms with Crippen LogP contribution in [0, 0.1) is 0 Å². The Balaban J connectivity index is 1.98. The largest absolute Gasteiger partial charge is 0.383 e. The summed E-state index contributed by atoms with van der Waals surface area (Å²) in [6.45, 7) is 11.2. The molecule has 0 atom stereocenters. The van der Waals surface area contributed by atoms with Crippen LogP contribution in [0.4, 0.5) is 0 Å². The van der Waals surface area contributed by atoms with E-state index in [1.165, 1.54) is 77.3 Å². The lowest BCUT2D eigenvalue weighted by atomic mass is 9.93. The number of nitrogens with one attached hydrogen (secondary N) is 1. The Bertz CT molecular complexity index is 393. The van der Waals surface area contributed by atoms with Gasteiger partial charge < -0.3 is 14.8 Å². The summed E-state index contributed by atoms with van der Waals surface area (Å²) in [5, 5.41) is 3.61. The van der Waals surface area contributed by atoms with Gasteiger partial charge in [-0.2, -0.15) is 0 Å². The third-order valence-corrected chi connectivity index (χ3v) is 7.03. The summed E-state index contributed by atoms with van der Waals surface area (Å²) in [5.41, 5.74) is 0. The van der Waals surface area contributed by atoms with Crippen LogP contribution >= 0.6 is 0 Å². The van der Waals surface area contributed by atoms with Crippen molar-refractivity contribution in [1.29, 1.82) is 0 Å². The van der Waals surface area contributed by atoms with Crippen molar-refractivity contribution in [3.8, 4) is 0 Å². The number of hydrogen-bond donors (Lipinski definition) is 1. The summed E-state index contributed by atoms with van der Waals surface area (Å²) in [6.07, 6.45) is 13.9. The highest BCUT2D eigenvalue weighted by atomic mass is 16.5. The predicted octanol–water partition coefficient (Wildman–Crippen LogP) is 3.38. The smallest absolute Gasteiger partial charge is 0.0590 e. The molecule has 2 rings (SSSR count). The van der Waals surface area contributed by atoms with Gasteiger partial charge in [-0.3, -0.25) is 14.7 Å². The Kier molecular flexibility index (Phi) is 14.2. The average Bonchev–Trinajstić information content (AvgIpc) is 2.80. The summed E-state index contributed by atoms with van der Waals surface area (Å²) in [4.78, 5) is 8.05. The molecule has 0 spiro atoms. The Labute approximate surface area is 186 Å². The van der Waals surface area contributed by atoms with Crippen molar-refractivity contribution in [2.45, 2.75) is 83.2 Å². The van der Waals surface area contributed by atoms with Crippen LogP contribution in [0.3, 0.4) is 0 Å². The topological polar surface area (TPSA) is 40.2 Å². The molecular formula is C24H50N4O2. The highest BCUT2D eigenvalue weighted by molar-refractivity contribution is 4.80. The molecule has 30 heavy (non-hydrogen) atoms. The van der Waals surface area contributed by atoms with E-state index >= 15 is 0 Å². The molecular weight excluding hydrogens is 376 g/mol. The van der Waals surface area contributed by atoms with Gasteiger partial charge in [-0.1, -0.05) is 45.4 Å². The van der Waals surface area contributed by atoms with Crippen molar-refractivity contribution in [3.63, 3.8) is 0 Å². The van der Waals surface area contributed by atoms with Crippen molar-refractivity contribution >= 4 is 0 Å². The monoisotopic (exact) mass is 426 g/mol. The first-order valence-electron chi connectivity index (χ1n) is 12.7. The fourth-order valence-corrected chi connectivity index (χ4v) is 5.12. The van der Waals surface area contributed by atoms with E-state index in [0.29, 0.717) is 0 Å². The van der Waals surface area contributed by atoms with E-state index in [4.69, 9.17) is 9.47 Å². The third-order valence-electron chi connectivity index (χ3n) is 7.03. The molecule has 2 aliphatic rings. The van der Waals surface area contributed by atoms with E-state index < -0.39 is 0 Å². The van der Waals surface area contributed by atoms with E-state index in [0.717, 1.165) is 58.3 Å². The summed E-state index contributed by atoms with van der Waals surface area (Å²) in [7, 11) is 3.60. The number of rotatable bonds is 16. The standard InChI is InChI=1S/C24H50N4O2/c1-4-25-21-27(23-11-7-5-8-12-23)15-16-28(24-13-9-6-10-14-24)22-26(17-19-29-2)18-20-30-3/h23-25H,4-22H2,1-3H3. The molecule has 6 heteroatoms. The molecule has 0 aromatic heterocycles. The molecule has 1 N–H and O–H groups in total. The van der Waals surface area contributed by atoms with Crippen LogP contribution in [0.5, 0.6) is 0 Å². The molecule has 0 aromatic rings. The Morgan fingerprint density at radius 1 is 0.700 bits per heavy atom. The van der Waals surface area contributed by atoms with Gasteiger partial charge >= 0.3 is 0 Å². The number of methoxy groups -OCH3 is 2. The maximum atomic E-state index is 5.38. The first-order valence-corrected chi connectivity index (χ1v) is 12.7. The Hall–Kier alpha value is -0.240. The first kappa shape index (κ1) is 26.0. The van der Waals surface area contributed by atoms with Crippen LogP contribution in [0.1, 0.15) is 71.1 Å². The molecule has 2 fully saturated rings. The zero-order chi connectivity index (χ0) is 21.4. The fourth-order valence-electron chi connectivity index (χ4n) is 5.12. The van der Waals surface area contributed by atoms with Gasteiger partial charge in [-0.05, 0) is 32.2 Å². The minimum atomic E-state index is 0.735. The molecule has 0 amide bonds. The van der Waals surface area contributed by atoms with Crippen molar-refractivity contribution in [3.05, 3.63) is 0 Å². The quantitative estimate of drug-likeness (QED) is 0.382. The average molecular weight is 427 g/mol. The van der Waals surface area contributed by atoms with Crippen molar-refractivity contribution in [2.75, 3.05) is 73.5 Å². The van der Waals surface area contributed by atoms with Crippen molar-refractivity contribution < 1.29 is 9.47 Å². The second kappa shape index (κ2) is 16.4. The number of hydrogen-bond acceptors (Lipinski definition) is 6. The summed E-state index contributed by atoms with van der Waals surface area (Å²) in [6, 6.07) is 1.50. The van der Waals surface area contributed by atoms with E-state index in [-0.39, 0.29) is 0 Å². The molecule has 2 aliphatic carbocycles. The lowest BCUT2D eigenvalue weighted by molar-refractivity contribution is 0.0301. The predicted molar refractivity (Wildman–Crippen MR) is 126 cm³/mol. The molecule has 0 bridgehead atoms. The van der Waals surface area contributed by atoms with Gasteiger partial charge in [0.15, 0.2) is 0 Å². The van der Waals surface area contributed by atoms with Gasteiger partial charge in [-0.15, -0.1) is 0 Å². The second-order valence-corrected chi connectivity index (χ2v) is 9.22. The number of nitrogens with zero attached hydrogens (tertiary/aromatic N) is 3. The Morgan fingerprint density at radius 3 is 1.70 bits per heavy atom. The summed E-state index contributed by atoms with van der Waals surface area (Å²) in [5.74, 6) is 0. The molecule has 0 aliphatic heterocycles. The van der Waals surface area contributed by atoms with Crippen LogP contribution in [-0.4, -0.2) is 100 Å². The minimum absolute atomic E-state index is 0.735. The maximum absolute atomic E-state index is 5.38. The van der Waals surface area contributed by atoms with Crippen LogP contribution in [0.25, 0.3) is 0 Å². The third kappa shape index (κ3) is 9.92. The summed E-state index contributed by atoms with van der Waals surface area (Å²) < 4.78 is 10.8. The van der Waals surface area contributed by atoms with Gasteiger partial charge in [-0.25, -0.2) is 0 Å². The van der Waals surface area contributed by atoms with Gasteiger partial charge in [0.25, 0.3) is 0 Å². The van der Waals surface area contributed by atoms with Crippen molar-refractivity contribution in [1.82, 2.24) is 20.0 Å². The van der Waals surface area contributed by atoms with Crippen LogP contribution in [-0.2, 0) is 9.47 Å². The van der Waals surface area contributed by atoms with Gasteiger partial charge in [0.1, 0.15) is 0 Å². The molecule has 0 unspecified atom stereocenters. The molecule has 0 heterocycles. The van der Waals surface area contributed by atoms with E-state index in [9.17, 15) is 0 Å². The summed E-state index contributed by atoms with van der Waals surface area (Å²) >= 11 is 0. The molecule has 2 saturated carbocycles. The zero-order valence-corrected chi connectivity index (χ0v) is 20.2. The molecule has 178 valence electrons. The normalized spacial score (nSPS) is 19.4. The van der Waals surface area contributed by atoms with Crippen LogP contribution in [0.2, 0.25) is 0 Å². The zero-order valence-electron chi connectivity index (χ0n) is 20.2. The molecule has 6 nitrogen and oxygen atoms in total. The second-order valence-electron chi connectivity index (χ2n) is 9.22. The maximum Gasteiger partial charge on any atom is 0.0590 e. The molecule has 0 radical (unpaired) electrons. The highest BCUT2D eigenvalue weighted by Crippen LogP contribution is 2.25. The lowest BCUT2D eigenvalue weighted by Gasteiger charge is -2.41. The van der Waals surface area contributed by atoms with E-state index in [1.54, 1.807) is 14.2 Å². The van der Waals surface area contributed by atoms with Gasteiger partial charge in [0.2, 0.25) is 0 Å². The van der Waals surface area contributed by atoms with E-state index in [2.05, 4.69) is 26.9 Å².